The van der Waals surface area contributed by atoms with Crippen molar-refractivity contribution in [1.82, 2.24) is 5.43 Å². The van der Waals surface area contributed by atoms with Crippen LogP contribution in [0.4, 0.5) is 0 Å². The second kappa shape index (κ2) is 6.32. The molecule has 0 spiro atoms. The van der Waals surface area contributed by atoms with Crippen molar-refractivity contribution in [3.8, 4) is 11.8 Å². The van der Waals surface area contributed by atoms with E-state index >= 15 is 0 Å². The quantitative estimate of drug-likeness (QED) is 0.461. The standard InChI is InChI=1S/C14H20N2/c1-4-5-6-10-14(16-15)13-9-7-8-11(2)12(13)3/h7-9,14,16H,6,10,15H2,1-3H3. The summed E-state index contributed by atoms with van der Waals surface area (Å²) in [5.41, 5.74) is 6.78. The molecular formula is C14H20N2. The summed E-state index contributed by atoms with van der Waals surface area (Å²) in [6, 6.07) is 6.53. The van der Waals surface area contributed by atoms with Crippen LogP contribution in [0.15, 0.2) is 18.2 Å². The summed E-state index contributed by atoms with van der Waals surface area (Å²) in [4.78, 5) is 0. The first-order valence-corrected chi connectivity index (χ1v) is 5.62. The Balaban J connectivity index is 2.85. The van der Waals surface area contributed by atoms with Gasteiger partial charge in [-0.1, -0.05) is 18.2 Å². The van der Waals surface area contributed by atoms with Gasteiger partial charge in [0.25, 0.3) is 0 Å². The van der Waals surface area contributed by atoms with Crippen LogP contribution in [0.5, 0.6) is 0 Å². The number of rotatable bonds is 4. The Morgan fingerprint density at radius 2 is 2.12 bits per heavy atom. The molecule has 2 nitrogen and oxygen atoms in total. The van der Waals surface area contributed by atoms with Crippen LogP contribution in [-0.4, -0.2) is 0 Å². The molecule has 0 saturated carbocycles. The smallest absolute Gasteiger partial charge is 0.0471 e. The Morgan fingerprint density at radius 1 is 1.38 bits per heavy atom. The predicted octanol–water partition coefficient (Wildman–Crippen LogP) is 2.61. The number of aryl methyl sites for hydroxylation is 1. The lowest BCUT2D eigenvalue weighted by Gasteiger charge is -2.18. The number of hydrazine groups is 1. The minimum atomic E-state index is 0.195. The predicted molar refractivity (Wildman–Crippen MR) is 68.7 cm³/mol. The maximum absolute atomic E-state index is 5.61. The van der Waals surface area contributed by atoms with Gasteiger partial charge in [-0.3, -0.25) is 11.3 Å². The van der Waals surface area contributed by atoms with E-state index in [0.29, 0.717) is 0 Å². The lowest BCUT2D eigenvalue weighted by Crippen LogP contribution is -2.28. The van der Waals surface area contributed by atoms with Crippen molar-refractivity contribution in [1.29, 1.82) is 0 Å². The topological polar surface area (TPSA) is 38.0 Å². The van der Waals surface area contributed by atoms with Gasteiger partial charge >= 0.3 is 0 Å². The van der Waals surface area contributed by atoms with Crippen LogP contribution in [0.3, 0.4) is 0 Å². The fourth-order valence-electron chi connectivity index (χ4n) is 1.82. The molecular weight excluding hydrogens is 196 g/mol. The van der Waals surface area contributed by atoms with E-state index in [2.05, 4.69) is 49.3 Å². The maximum atomic E-state index is 5.61. The SMILES string of the molecule is CC#CCCC(NN)c1cccc(C)c1C. The van der Waals surface area contributed by atoms with Gasteiger partial charge in [0.2, 0.25) is 0 Å². The van der Waals surface area contributed by atoms with E-state index < -0.39 is 0 Å². The molecule has 1 rings (SSSR count). The minimum absolute atomic E-state index is 0.195. The fraction of sp³-hybridized carbons (Fsp3) is 0.429. The van der Waals surface area contributed by atoms with Crippen molar-refractivity contribution >= 4 is 0 Å². The molecule has 3 N–H and O–H groups in total. The van der Waals surface area contributed by atoms with Crippen LogP contribution < -0.4 is 11.3 Å². The number of hydrogen-bond acceptors (Lipinski definition) is 2. The highest BCUT2D eigenvalue weighted by Gasteiger charge is 2.11. The fourth-order valence-corrected chi connectivity index (χ4v) is 1.82. The Morgan fingerprint density at radius 3 is 2.75 bits per heavy atom. The summed E-state index contributed by atoms with van der Waals surface area (Å²) in [5, 5.41) is 0. The van der Waals surface area contributed by atoms with Gasteiger partial charge in [0.05, 0.1) is 0 Å². The second-order valence-corrected chi connectivity index (χ2v) is 3.97. The lowest BCUT2D eigenvalue weighted by molar-refractivity contribution is 0.521. The molecule has 1 aromatic rings. The summed E-state index contributed by atoms with van der Waals surface area (Å²) in [6.07, 6.45) is 1.82. The first kappa shape index (κ1) is 12.8. The molecule has 0 aliphatic carbocycles. The summed E-state index contributed by atoms with van der Waals surface area (Å²) in [7, 11) is 0. The van der Waals surface area contributed by atoms with Gasteiger partial charge in [-0.2, -0.15) is 0 Å². The van der Waals surface area contributed by atoms with Crippen molar-refractivity contribution in [2.45, 2.75) is 39.7 Å². The van der Waals surface area contributed by atoms with Crippen LogP contribution in [0.25, 0.3) is 0 Å². The maximum Gasteiger partial charge on any atom is 0.0471 e. The Hall–Kier alpha value is -1.30. The van der Waals surface area contributed by atoms with Gasteiger partial charge in [0, 0.05) is 12.5 Å². The van der Waals surface area contributed by atoms with Crippen molar-refractivity contribution in [3.63, 3.8) is 0 Å². The van der Waals surface area contributed by atoms with Crippen LogP contribution in [0.2, 0.25) is 0 Å². The molecule has 0 aliphatic heterocycles. The van der Waals surface area contributed by atoms with Crippen LogP contribution in [0, 0.1) is 25.7 Å². The first-order valence-electron chi connectivity index (χ1n) is 5.62. The van der Waals surface area contributed by atoms with E-state index in [-0.39, 0.29) is 6.04 Å². The molecule has 2 heteroatoms. The van der Waals surface area contributed by atoms with E-state index in [0.717, 1.165) is 12.8 Å². The normalized spacial score (nSPS) is 11.8. The van der Waals surface area contributed by atoms with Gasteiger partial charge in [-0.15, -0.1) is 11.8 Å². The van der Waals surface area contributed by atoms with E-state index in [1.54, 1.807) is 0 Å². The number of nitrogens with two attached hydrogens (primary N) is 1. The average Bonchev–Trinajstić information content (AvgIpc) is 2.29. The highest BCUT2D eigenvalue weighted by Crippen LogP contribution is 2.23. The van der Waals surface area contributed by atoms with Crippen molar-refractivity contribution in [3.05, 3.63) is 34.9 Å². The molecule has 0 heterocycles. The average molecular weight is 216 g/mol. The molecule has 1 aromatic carbocycles. The molecule has 86 valence electrons. The first-order chi connectivity index (χ1) is 7.70. The summed E-state index contributed by atoms with van der Waals surface area (Å²) < 4.78 is 0. The number of hydrogen-bond donors (Lipinski definition) is 2. The molecule has 0 fully saturated rings. The third kappa shape index (κ3) is 3.10. The summed E-state index contributed by atoms with van der Waals surface area (Å²) >= 11 is 0. The van der Waals surface area contributed by atoms with Gasteiger partial charge in [0.15, 0.2) is 0 Å². The lowest BCUT2D eigenvalue weighted by atomic mass is 9.95. The molecule has 0 aliphatic rings. The van der Waals surface area contributed by atoms with E-state index in [9.17, 15) is 0 Å². The molecule has 0 bridgehead atoms. The molecule has 0 amide bonds. The molecule has 16 heavy (non-hydrogen) atoms. The molecule has 1 unspecified atom stereocenters. The third-order valence-electron chi connectivity index (χ3n) is 2.96. The van der Waals surface area contributed by atoms with Crippen molar-refractivity contribution < 1.29 is 0 Å². The monoisotopic (exact) mass is 216 g/mol. The zero-order chi connectivity index (χ0) is 12.0. The largest absolute Gasteiger partial charge is 0.271 e. The van der Waals surface area contributed by atoms with Crippen LogP contribution in [-0.2, 0) is 0 Å². The van der Waals surface area contributed by atoms with E-state index in [4.69, 9.17) is 5.84 Å². The van der Waals surface area contributed by atoms with E-state index in [1.165, 1.54) is 16.7 Å². The van der Waals surface area contributed by atoms with E-state index in [1.807, 2.05) is 6.92 Å². The summed E-state index contributed by atoms with van der Waals surface area (Å²) in [6.45, 7) is 6.13. The van der Waals surface area contributed by atoms with Crippen LogP contribution in [0.1, 0.15) is 42.5 Å². The van der Waals surface area contributed by atoms with Crippen LogP contribution >= 0.6 is 0 Å². The third-order valence-corrected chi connectivity index (χ3v) is 2.96. The number of nitrogens with one attached hydrogen (secondary N) is 1. The minimum Gasteiger partial charge on any atom is -0.271 e. The highest BCUT2D eigenvalue weighted by atomic mass is 15.2. The zero-order valence-corrected chi connectivity index (χ0v) is 10.3. The van der Waals surface area contributed by atoms with Gasteiger partial charge < -0.3 is 0 Å². The van der Waals surface area contributed by atoms with Gasteiger partial charge in [0.1, 0.15) is 0 Å². The van der Waals surface area contributed by atoms with Gasteiger partial charge in [-0.25, -0.2) is 0 Å². The number of benzene rings is 1. The Bertz CT molecular complexity index is 399. The zero-order valence-electron chi connectivity index (χ0n) is 10.3. The van der Waals surface area contributed by atoms with Gasteiger partial charge in [-0.05, 0) is 43.9 Å². The Kier molecular flexibility index (Phi) is 5.04. The summed E-state index contributed by atoms with van der Waals surface area (Å²) in [5.74, 6) is 11.6. The van der Waals surface area contributed by atoms with Crippen molar-refractivity contribution in [2.75, 3.05) is 0 Å². The molecule has 0 aromatic heterocycles. The highest BCUT2D eigenvalue weighted by molar-refractivity contribution is 5.35. The van der Waals surface area contributed by atoms with Crippen molar-refractivity contribution in [2.24, 2.45) is 5.84 Å². The molecule has 0 saturated heterocycles. The second-order valence-electron chi connectivity index (χ2n) is 3.97. The Labute approximate surface area is 98.2 Å². The molecule has 0 radical (unpaired) electrons. The molecule has 1 atom stereocenters.